The van der Waals surface area contributed by atoms with E-state index >= 15 is 0 Å². The quantitative estimate of drug-likeness (QED) is 0.643. The predicted octanol–water partition coefficient (Wildman–Crippen LogP) is 0.102. The summed E-state index contributed by atoms with van der Waals surface area (Å²) in [5, 5.41) is 7.41. The van der Waals surface area contributed by atoms with Crippen LogP contribution in [0, 0.1) is 6.92 Å². The number of hydrogen-bond acceptors (Lipinski definition) is 5. The lowest BCUT2D eigenvalue weighted by molar-refractivity contribution is 0.475. The molecule has 114 valence electrons. The first-order valence-corrected chi connectivity index (χ1v) is 8.29. The lowest BCUT2D eigenvalue weighted by Crippen LogP contribution is -2.48. The van der Waals surface area contributed by atoms with Crippen molar-refractivity contribution in [1.82, 2.24) is 14.5 Å². The normalized spacial score (nSPS) is 12.4. The number of nitrogens with zero attached hydrogens (tertiary/aromatic N) is 2. The van der Waals surface area contributed by atoms with Crippen LogP contribution in [0.15, 0.2) is 0 Å². The van der Waals surface area contributed by atoms with Crippen molar-refractivity contribution < 1.29 is 8.42 Å². The molecule has 0 bridgehead atoms. The summed E-state index contributed by atoms with van der Waals surface area (Å²) in [6.07, 6.45) is 1.13. The van der Waals surface area contributed by atoms with Crippen molar-refractivity contribution >= 4 is 33.0 Å². The minimum absolute atomic E-state index is 0.256. The molecule has 4 N–H and O–H groups in total. The molecule has 0 saturated heterocycles. The van der Waals surface area contributed by atoms with Crippen LogP contribution in [0.2, 0.25) is 0 Å². The number of nitrogens with two attached hydrogens (primary N) is 1. The summed E-state index contributed by atoms with van der Waals surface area (Å²) < 4.78 is 26.8. The van der Waals surface area contributed by atoms with Gasteiger partial charge in [-0.25, -0.2) is 13.1 Å². The third kappa shape index (κ3) is 4.43. The van der Waals surface area contributed by atoms with Gasteiger partial charge in [-0.05, 0) is 20.8 Å². The van der Waals surface area contributed by atoms with E-state index in [1.54, 1.807) is 25.6 Å². The average molecular weight is 319 g/mol. The van der Waals surface area contributed by atoms with Gasteiger partial charge in [0.2, 0.25) is 10.0 Å². The van der Waals surface area contributed by atoms with Gasteiger partial charge in [0.05, 0.1) is 17.5 Å². The van der Waals surface area contributed by atoms with E-state index in [2.05, 4.69) is 15.1 Å². The maximum Gasteiger partial charge on any atom is 0.209 e. The van der Waals surface area contributed by atoms with Crippen LogP contribution < -0.4 is 15.8 Å². The molecule has 9 heteroatoms. The zero-order chi connectivity index (χ0) is 15.7. The fourth-order valence-corrected chi connectivity index (χ4v) is 3.32. The van der Waals surface area contributed by atoms with Gasteiger partial charge in [0.15, 0.2) is 0 Å². The van der Waals surface area contributed by atoms with Crippen LogP contribution in [0.5, 0.6) is 0 Å². The molecule has 0 fully saturated rings. The minimum atomic E-state index is -3.28. The van der Waals surface area contributed by atoms with E-state index in [1.807, 2.05) is 6.92 Å². The van der Waals surface area contributed by atoms with Crippen LogP contribution in [0.3, 0.4) is 0 Å². The van der Waals surface area contributed by atoms with E-state index in [9.17, 15) is 8.42 Å². The molecule has 0 aliphatic heterocycles. The summed E-state index contributed by atoms with van der Waals surface area (Å²) in [7, 11) is -1.51. The van der Waals surface area contributed by atoms with E-state index in [0.717, 1.165) is 11.9 Å². The lowest BCUT2D eigenvalue weighted by atomic mass is 10.1. The van der Waals surface area contributed by atoms with Crippen molar-refractivity contribution in [3.8, 4) is 0 Å². The molecule has 0 aliphatic carbocycles. The number of rotatable bonds is 6. The van der Waals surface area contributed by atoms with Crippen LogP contribution in [0.1, 0.15) is 25.1 Å². The van der Waals surface area contributed by atoms with Gasteiger partial charge >= 0.3 is 0 Å². The zero-order valence-electron chi connectivity index (χ0n) is 12.3. The van der Waals surface area contributed by atoms with Gasteiger partial charge in [-0.1, -0.05) is 12.2 Å². The van der Waals surface area contributed by atoms with Crippen molar-refractivity contribution in [2.24, 2.45) is 12.8 Å². The third-order valence-electron chi connectivity index (χ3n) is 2.63. The Labute approximate surface area is 125 Å². The van der Waals surface area contributed by atoms with E-state index in [1.165, 1.54) is 0 Å². The predicted molar refractivity (Wildman–Crippen MR) is 84.4 cm³/mol. The maximum atomic E-state index is 11.3. The number of hydrogen-bond donors (Lipinski definition) is 3. The fraction of sp³-hybridized carbons (Fsp3) is 0.636. The largest absolute Gasteiger partial charge is 0.389 e. The van der Waals surface area contributed by atoms with Crippen LogP contribution in [0.4, 0.5) is 5.82 Å². The number of sulfonamides is 1. The molecule has 0 spiro atoms. The van der Waals surface area contributed by atoms with Gasteiger partial charge in [0.1, 0.15) is 10.8 Å². The Balaban J connectivity index is 2.93. The molecule has 0 aromatic carbocycles. The Kier molecular flexibility index (Phi) is 4.78. The highest BCUT2D eigenvalue weighted by atomic mass is 32.2. The van der Waals surface area contributed by atoms with Gasteiger partial charge in [0.25, 0.3) is 0 Å². The molecule has 1 heterocycles. The van der Waals surface area contributed by atoms with E-state index < -0.39 is 15.6 Å². The van der Waals surface area contributed by atoms with Gasteiger partial charge < -0.3 is 11.1 Å². The highest BCUT2D eigenvalue weighted by Crippen LogP contribution is 2.19. The third-order valence-corrected chi connectivity index (χ3v) is 3.76. The Bertz CT molecular complexity index is 619. The summed E-state index contributed by atoms with van der Waals surface area (Å²) in [6, 6.07) is 0. The SMILES string of the molecule is Cc1nn(C)c(NCC(C)(C)NS(C)(=O)=O)c1C(N)=S. The Morgan fingerprint density at radius 1 is 1.50 bits per heavy atom. The molecule has 0 atom stereocenters. The monoisotopic (exact) mass is 319 g/mol. The highest BCUT2D eigenvalue weighted by Gasteiger charge is 2.24. The number of anilines is 1. The van der Waals surface area contributed by atoms with Gasteiger partial charge in [-0.3, -0.25) is 4.68 Å². The van der Waals surface area contributed by atoms with E-state index in [-0.39, 0.29) is 4.99 Å². The first-order valence-electron chi connectivity index (χ1n) is 5.99. The molecular weight excluding hydrogens is 298 g/mol. The second-order valence-electron chi connectivity index (χ2n) is 5.41. The van der Waals surface area contributed by atoms with Crippen molar-refractivity contribution in [2.75, 3.05) is 18.1 Å². The second kappa shape index (κ2) is 5.66. The molecule has 0 radical (unpaired) electrons. The Morgan fingerprint density at radius 3 is 2.50 bits per heavy atom. The second-order valence-corrected chi connectivity index (χ2v) is 7.60. The molecule has 1 aromatic heterocycles. The van der Waals surface area contributed by atoms with Crippen LogP contribution >= 0.6 is 12.2 Å². The number of aryl methyl sites for hydroxylation is 2. The molecule has 7 nitrogen and oxygen atoms in total. The standard InChI is InChI=1S/C11H21N5O2S2/c1-7-8(9(12)19)10(16(4)14-7)13-6-11(2,3)15-20(5,17)18/h13,15H,6H2,1-5H3,(H2,12,19). The summed E-state index contributed by atoms with van der Waals surface area (Å²) >= 11 is 5.02. The van der Waals surface area contributed by atoms with Gasteiger partial charge in [-0.2, -0.15) is 5.10 Å². The van der Waals surface area contributed by atoms with E-state index in [4.69, 9.17) is 18.0 Å². The first-order chi connectivity index (χ1) is 8.93. The minimum Gasteiger partial charge on any atom is -0.389 e. The maximum absolute atomic E-state index is 11.3. The Hall–Kier alpha value is -1.19. The van der Waals surface area contributed by atoms with Crippen LogP contribution in [-0.4, -0.2) is 41.5 Å². The van der Waals surface area contributed by atoms with Crippen molar-refractivity contribution in [3.05, 3.63) is 11.3 Å². The number of aromatic nitrogens is 2. The molecule has 0 amide bonds. The molecule has 20 heavy (non-hydrogen) atoms. The summed E-state index contributed by atoms with van der Waals surface area (Å²) in [5.74, 6) is 0.679. The Morgan fingerprint density at radius 2 is 2.05 bits per heavy atom. The molecule has 0 unspecified atom stereocenters. The number of thiocarbonyl (C=S) groups is 1. The van der Waals surface area contributed by atoms with Crippen LogP contribution in [-0.2, 0) is 17.1 Å². The summed E-state index contributed by atoms with van der Waals surface area (Å²) in [4.78, 5) is 0.256. The first kappa shape index (κ1) is 16.9. The average Bonchev–Trinajstić information content (AvgIpc) is 2.46. The van der Waals surface area contributed by atoms with Crippen molar-refractivity contribution in [2.45, 2.75) is 26.3 Å². The molecule has 0 saturated carbocycles. The van der Waals surface area contributed by atoms with Gasteiger partial charge in [-0.15, -0.1) is 0 Å². The number of nitrogens with one attached hydrogen (secondary N) is 2. The molecule has 1 aromatic rings. The zero-order valence-corrected chi connectivity index (χ0v) is 13.9. The fourth-order valence-electron chi connectivity index (χ4n) is 2.00. The smallest absolute Gasteiger partial charge is 0.209 e. The summed E-state index contributed by atoms with van der Waals surface area (Å²) in [5.41, 5.74) is 6.45. The summed E-state index contributed by atoms with van der Waals surface area (Å²) in [6.45, 7) is 5.75. The molecular formula is C11H21N5O2S2. The van der Waals surface area contributed by atoms with Crippen molar-refractivity contribution in [3.63, 3.8) is 0 Å². The molecule has 0 aliphatic rings. The molecule has 1 rings (SSSR count). The lowest BCUT2D eigenvalue weighted by Gasteiger charge is -2.26. The van der Waals surface area contributed by atoms with Gasteiger partial charge in [0, 0.05) is 19.1 Å². The topological polar surface area (TPSA) is 102 Å². The van der Waals surface area contributed by atoms with Crippen molar-refractivity contribution in [1.29, 1.82) is 0 Å². The highest BCUT2D eigenvalue weighted by molar-refractivity contribution is 7.88. The van der Waals surface area contributed by atoms with E-state index in [0.29, 0.717) is 17.9 Å². The van der Waals surface area contributed by atoms with Crippen LogP contribution in [0.25, 0.3) is 0 Å².